The van der Waals surface area contributed by atoms with Crippen molar-refractivity contribution in [3.8, 4) is 22.8 Å². The van der Waals surface area contributed by atoms with Crippen LogP contribution in [0.2, 0.25) is 0 Å². The van der Waals surface area contributed by atoms with Gasteiger partial charge in [0.15, 0.2) is 16.9 Å². The first-order valence-corrected chi connectivity index (χ1v) is 10.6. The molecule has 2 heterocycles. The van der Waals surface area contributed by atoms with E-state index in [0.29, 0.717) is 36.5 Å². The van der Waals surface area contributed by atoms with Gasteiger partial charge in [-0.2, -0.15) is 0 Å². The van der Waals surface area contributed by atoms with Crippen molar-refractivity contribution in [3.63, 3.8) is 0 Å². The zero-order valence-corrected chi connectivity index (χ0v) is 18.8. The van der Waals surface area contributed by atoms with Crippen LogP contribution < -0.4 is 14.9 Å². The van der Waals surface area contributed by atoms with E-state index >= 15 is 0 Å². The Morgan fingerprint density at radius 3 is 2.52 bits per heavy atom. The molecule has 31 heavy (non-hydrogen) atoms. The third-order valence-electron chi connectivity index (χ3n) is 5.93. The van der Waals surface area contributed by atoms with E-state index < -0.39 is 16.8 Å². The second-order valence-electron chi connectivity index (χ2n) is 8.80. The summed E-state index contributed by atoms with van der Waals surface area (Å²) in [5, 5.41) is 19.1. The van der Waals surface area contributed by atoms with Crippen molar-refractivity contribution in [1.82, 2.24) is 4.57 Å². The van der Waals surface area contributed by atoms with Crippen LogP contribution in [0.1, 0.15) is 61.6 Å². The molecule has 0 radical (unpaired) electrons. The minimum Gasteiger partial charge on any atom is -0.493 e. The molecule has 7 heteroatoms. The van der Waals surface area contributed by atoms with Gasteiger partial charge in [-0.1, -0.05) is 27.7 Å². The number of aromatic carboxylic acids is 1. The van der Waals surface area contributed by atoms with Gasteiger partial charge in [-0.3, -0.25) is 4.79 Å². The minimum absolute atomic E-state index is 0.000226. The van der Waals surface area contributed by atoms with Gasteiger partial charge in [-0.05, 0) is 37.0 Å². The number of ether oxygens (including phenoxy) is 2. The Bertz CT molecular complexity index is 1050. The number of benzene rings is 1. The molecule has 0 amide bonds. The van der Waals surface area contributed by atoms with E-state index in [1.54, 1.807) is 7.11 Å². The number of carboxylic acids is 1. The summed E-state index contributed by atoms with van der Waals surface area (Å²) in [7, 11) is 1.56. The number of nitrogens with zero attached hydrogens (tertiary/aromatic N) is 1. The number of hydrogen-bond acceptors (Lipinski definition) is 5. The smallest absolute Gasteiger partial charge is 0.341 e. The number of pyridine rings is 1. The molecule has 1 aliphatic rings. The minimum atomic E-state index is -1.21. The first kappa shape index (κ1) is 22.9. The molecule has 2 N–H and O–H groups in total. The summed E-state index contributed by atoms with van der Waals surface area (Å²) < 4.78 is 13.5. The van der Waals surface area contributed by atoms with E-state index in [4.69, 9.17) is 9.47 Å². The number of methoxy groups -OCH3 is 1. The second kappa shape index (κ2) is 8.75. The van der Waals surface area contributed by atoms with Crippen molar-refractivity contribution in [2.75, 3.05) is 20.3 Å². The van der Waals surface area contributed by atoms with E-state index in [9.17, 15) is 19.8 Å². The Labute approximate surface area is 182 Å². The normalized spacial score (nSPS) is 15.2. The molecule has 1 unspecified atom stereocenters. The number of aliphatic hydroxyl groups excluding tert-OH is 1. The lowest BCUT2D eigenvalue weighted by molar-refractivity contribution is 0.0694. The maximum absolute atomic E-state index is 12.9. The molecule has 0 saturated carbocycles. The van der Waals surface area contributed by atoms with E-state index in [1.807, 2.05) is 44.4 Å². The van der Waals surface area contributed by atoms with Crippen molar-refractivity contribution in [2.24, 2.45) is 5.41 Å². The van der Waals surface area contributed by atoms with Crippen LogP contribution in [0, 0.1) is 5.41 Å². The van der Waals surface area contributed by atoms with Gasteiger partial charge in [-0.15, -0.1) is 0 Å². The van der Waals surface area contributed by atoms with Crippen LogP contribution in [0.15, 0.2) is 23.1 Å². The standard InChI is InChI=1S/C24H31NO6/c1-6-15-8-14-9-20(31-13-24(3,4)12-26)19(30-5)10-17(14)21-16(7-2)22(27)18(23(28)29)11-25(15)21/h9-11,15,26H,6-8,12-13H2,1-5H3,(H,28,29). The largest absolute Gasteiger partial charge is 0.493 e. The summed E-state index contributed by atoms with van der Waals surface area (Å²) in [6, 6.07) is 3.84. The van der Waals surface area contributed by atoms with E-state index in [-0.39, 0.29) is 18.2 Å². The first-order valence-electron chi connectivity index (χ1n) is 10.6. The number of aliphatic hydroxyl groups is 1. The Morgan fingerprint density at radius 1 is 1.26 bits per heavy atom. The topological polar surface area (TPSA) is 98.0 Å². The fraction of sp³-hybridized carbons (Fsp3) is 0.500. The monoisotopic (exact) mass is 429 g/mol. The zero-order chi connectivity index (χ0) is 22.9. The fourth-order valence-electron chi connectivity index (χ4n) is 4.03. The summed E-state index contributed by atoms with van der Waals surface area (Å²) in [4.78, 5) is 24.6. The Balaban J connectivity index is 2.22. The highest BCUT2D eigenvalue weighted by atomic mass is 16.5. The lowest BCUT2D eigenvalue weighted by Gasteiger charge is -2.32. The van der Waals surface area contributed by atoms with Gasteiger partial charge in [0.25, 0.3) is 0 Å². The summed E-state index contributed by atoms with van der Waals surface area (Å²) in [6.45, 7) is 8.08. The van der Waals surface area contributed by atoms with Crippen molar-refractivity contribution in [3.05, 3.63) is 45.2 Å². The van der Waals surface area contributed by atoms with Gasteiger partial charge in [-0.25, -0.2) is 4.79 Å². The van der Waals surface area contributed by atoms with Gasteiger partial charge in [0.1, 0.15) is 5.56 Å². The van der Waals surface area contributed by atoms with Gasteiger partial charge in [0, 0.05) is 28.8 Å². The van der Waals surface area contributed by atoms with Crippen molar-refractivity contribution in [1.29, 1.82) is 0 Å². The molecular weight excluding hydrogens is 398 g/mol. The zero-order valence-electron chi connectivity index (χ0n) is 18.8. The SMILES string of the molecule is CCc1c2n(cc(C(=O)O)c1=O)C(CC)Cc1cc(OCC(C)(C)CO)c(OC)cc1-2. The quantitative estimate of drug-likeness (QED) is 0.664. The Kier molecular flexibility index (Phi) is 6.46. The Hall–Kier alpha value is -2.80. The molecule has 0 saturated heterocycles. The van der Waals surface area contributed by atoms with Crippen molar-refractivity contribution in [2.45, 2.75) is 53.0 Å². The van der Waals surface area contributed by atoms with Gasteiger partial charge in [0.05, 0.1) is 26.0 Å². The number of rotatable bonds is 8. The summed E-state index contributed by atoms with van der Waals surface area (Å²) >= 11 is 0. The van der Waals surface area contributed by atoms with Gasteiger partial charge in [0.2, 0.25) is 0 Å². The molecule has 0 fully saturated rings. The number of aromatic nitrogens is 1. The maximum Gasteiger partial charge on any atom is 0.341 e. The number of carboxylic acid groups (broad SMARTS) is 1. The Morgan fingerprint density at radius 2 is 1.97 bits per heavy atom. The molecule has 0 spiro atoms. The van der Waals surface area contributed by atoms with E-state index in [1.165, 1.54) is 6.20 Å². The average molecular weight is 430 g/mol. The first-order chi connectivity index (χ1) is 14.7. The fourth-order valence-corrected chi connectivity index (χ4v) is 4.03. The van der Waals surface area contributed by atoms with Crippen LogP contribution in [-0.4, -0.2) is 41.1 Å². The number of fused-ring (bicyclic) bond motifs is 3. The molecule has 2 aromatic rings. The predicted molar refractivity (Wildman–Crippen MR) is 118 cm³/mol. The molecule has 1 aromatic heterocycles. The van der Waals surface area contributed by atoms with Crippen molar-refractivity contribution < 1.29 is 24.5 Å². The number of carbonyl (C=O) groups is 1. The molecule has 168 valence electrons. The molecule has 1 atom stereocenters. The summed E-state index contributed by atoms with van der Waals surface area (Å²) in [5.41, 5.74) is 2.12. The third-order valence-corrected chi connectivity index (χ3v) is 5.93. The molecule has 1 aliphatic heterocycles. The third kappa shape index (κ3) is 4.19. The summed E-state index contributed by atoms with van der Waals surface area (Å²) in [5.74, 6) is -0.0806. The van der Waals surface area contributed by atoms with Gasteiger partial charge >= 0.3 is 5.97 Å². The lowest BCUT2D eigenvalue weighted by atomic mass is 9.87. The highest BCUT2D eigenvalue weighted by molar-refractivity contribution is 5.88. The highest BCUT2D eigenvalue weighted by Crippen LogP contribution is 2.43. The van der Waals surface area contributed by atoms with Crippen molar-refractivity contribution >= 4 is 5.97 Å². The van der Waals surface area contributed by atoms with Crippen LogP contribution in [0.5, 0.6) is 11.5 Å². The number of hydrogen-bond donors (Lipinski definition) is 2. The van der Waals surface area contributed by atoms with Crippen LogP contribution in [0.3, 0.4) is 0 Å². The molecule has 3 rings (SSSR count). The second-order valence-corrected chi connectivity index (χ2v) is 8.80. The molecule has 7 nitrogen and oxygen atoms in total. The highest BCUT2D eigenvalue weighted by Gasteiger charge is 2.30. The molecular formula is C24H31NO6. The summed E-state index contributed by atoms with van der Waals surface area (Å²) in [6.07, 6.45) is 3.39. The van der Waals surface area contributed by atoms with Crippen LogP contribution in [-0.2, 0) is 12.8 Å². The maximum atomic E-state index is 12.9. The van der Waals surface area contributed by atoms with Gasteiger partial charge < -0.3 is 24.3 Å². The molecule has 0 bridgehead atoms. The molecule has 1 aromatic carbocycles. The van der Waals surface area contributed by atoms with Crippen LogP contribution >= 0.6 is 0 Å². The predicted octanol–water partition coefficient (Wildman–Crippen LogP) is 3.69. The molecule has 0 aliphatic carbocycles. The lowest BCUT2D eigenvalue weighted by Crippen LogP contribution is -2.29. The average Bonchev–Trinajstić information content (AvgIpc) is 2.75. The van der Waals surface area contributed by atoms with Crippen LogP contribution in [0.4, 0.5) is 0 Å². The van der Waals surface area contributed by atoms with E-state index in [0.717, 1.165) is 23.2 Å². The van der Waals surface area contributed by atoms with Crippen LogP contribution in [0.25, 0.3) is 11.3 Å². The van der Waals surface area contributed by atoms with E-state index in [2.05, 4.69) is 0 Å².